The molecule has 0 amide bonds. The molecule has 1 nitrogen and oxygen atoms in total. The zero-order chi connectivity index (χ0) is 14.2. The van der Waals surface area contributed by atoms with Crippen LogP contribution in [0.5, 0.6) is 0 Å². The Hall–Kier alpha value is -2.46. The van der Waals surface area contributed by atoms with Crippen molar-refractivity contribution in [3.63, 3.8) is 0 Å². The summed E-state index contributed by atoms with van der Waals surface area (Å²) in [6.07, 6.45) is 19.8. The first kappa shape index (κ1) is 14.0. The molecule has 0 saturated carbocycles. The van der Waals surface area contributed by atoms with Crippen molar-refractivity contribution in [3.05, 3.63) is 78.2 Å². The molecule has 100 valence electrons. The van der Waals surface area contributed by atoms with Crippen LogP contribution in [-0.4, -0.2) is 0 Å². The maximum Gasteiger partial charge on any atom is 0.0458 e. The van der Waals surface area contributed by atoms with E-state index >= 15 is 0 Å². The van der Waals surface area contributed by atoms with E-state index in [-0.39, 0.29) is 0 Å². The molecule has 1 aliphatic rings. The fraction of sp³-hybridized carbons (Fsp3) is 0.158. The molecule has 0 bridgehead atoms. The zero-order valence-electron chi connectivity index (χ0n) is 11.8. The van der Waals surface area contributed by atoms with Gasteiger partial charge in [-0.3, -0.25) is 0 Å². The maximum absolute atomic E-state index is 5.24. The highest BCUT2D eigenvalue weighted by molar-refractivity contribution is 5.60. The molecule has 0 fully saturated rings. The van der Waals surface area contributed by atoms with Crippen LogP contribution in [-0.2, 0) is 0 Å². The lowest BCUT2D eigenvalue weighted by molar-refractivity contribution is 0.978. The molecule has 1 heteroatoms. The largest absolute Gasteiger partial charge is 0.315 e. The third kappa shape index (κ3) is 3.52. The minimum atomic E-state index is 1.09. The summed E-state index contributed by atoms with van der Waals surface area (Å²) in [5.41, 5.74) is 3.51. The Bertz CT molecular complexity index is 594. The number of anilines is 1. The van der Waals surface area contributed by atoms with Crippen molar-refractivity contribution in [3.8, 4) is 12.3 Å². The SMILES string of the molecule is C#C/C=C\C=C(/C)N(C1=CCCC=C1)c1ccccc1. The van der Waals surface area contributed by atoms with Gasteiger partial charge in [0.15, 0.2) is 0 Å². The molecular weight excluding hydrogens is 242 g/mol. The summed E-state index contributed by atoms with van der Waals surface area (Å²) in [4.78, 5) is 2.25. The molecule has 0 N–H and O–H groups in total. The molecule has 20 heavy (non-hydrogen) atoms. The van der Waals surface area contributed by atoms with E-state index < -0.39 is 0 Å². The van der Waals surface area contributed by atoms with Gasteiger partial charge in [0.1, 0.15) is 0 Å². The second kappa shape index (κ2) is 7.21. The van der Waals surface area contributed by atoms with Crippen molar-refractivity contribution in [2.24, 2.45) is 0 Å². The number of rotatable bonds is 4. The van der Waals surface area contributed by atoms with Gasteiger partial charge in [0, 0.05) is 17.1 Å². The molecule has 0 spiro atoms. The van der Waals surface area contributed by atoms with Gasteiger partial charge >= 0.3 is 0 Å². The molecule has 0 atom stereocenters. The monoisotopic (exact) mass is 261 g/mol. The first-order valence-corrected chi connectivity index (χ1v) is 6.84. The maximum atomic E-state index is 5.24. The molecule has 0 unspecified atom stereocenters. The lowest BCUT2D eigenvalue weighted by Gasteiger charge is -2.28. The Balaban J connectivity index is 2.37. The van der Waals surface area contributed by atoms with Crippen molar-refractivity contribution in [2.45, 2.75) is 19.8 Å². The second-order valence-corrected chi connectivity index (χ2v) is 4.61. The minimum Gasteiger partial charge on any atom is -0.315 e. The summed E-state index contributed by atoms with van der Waals surface area (Å²) in [7, 11) is 0. The van der Waals surface area contributed by atoms with Gasteiger partial charge in [-0.2, -0.15) is 0 Å². The van der Waals surface area contributed by atoms with Crippen LogP contribution in [0.1, 0.15) is 19.8 Å². The Kier molecular flexibility index (Phi) is 5.03. The quantitative estimate of drug-likeness (QED) is 0.555. The van der Waals surface area contributed by atoms with Crippen LogP contribution >= 0.6 is 0 Å². The van der Waals surface area contributed by atoms with E-state index in [0.29, 0.717) is 0 Å². The number of allylic oxidation sites excluding steroid dienone is 7. The number of para-hydroxylation sites is 1. The van der Waals surface area contributed by atoms with E-state index in [1.165, 1.54) is 5.70 Å². The van der Waals surface area contributed by atoms with E-state index in [1.807, 2.05) is 18.2 Å². The minimum absolute atomic E-state index is 1.09. The number of nitrogens with zero attached hydrogens (tertiary/aromatic N) is 1. The molecule has 0 radical (unpaired) electrons. The number of hydrogen-bond acceptors (Lipinski definition) is 1. The summed E-state index contributed by atoms with van der Waals surface area (Å²) >= 11 is 0. The molecule has 1 aliphatic carbocycles. The van der Waals surface area contributed by atoms with Crippen LogP contribution in [0, 0.1) is 12.3 Å². The fourth-order valence-corrected chi connectivity index (χ4v) is 2.22. The summed E-state index contributed by atoms with van der Waals surface area (Å²) in [6.45, 7) is 2.09. The van der Waals surface area contributed by atoms with Gasteiger partial charge < -0.3 is 4.90 Å². The van der Waals surface area contributed by atoms with Gasteiger partial charge in [0.25, 0.3) is 0 Å². The van der Waals surface area contributed by atoms with Crippen LogP contribution < -0.4 is 4.90 Å². The Labute approximate surface area is 121 Å². The van der Waals surface area contributed by atoms with Gasteiger partial charge in [-0.15, -0.1) is 6.42 Å². The standard InChI is InChI=1S/C19H19N/c1-3-4-7-12-17(2)20(18-13-8-5-9-14-18)19-15-10-6-11-16-19/h1,4-5,7-10,12-16H,6,11H2,2H3/b7-4-,17-12+. The van der Waals surface area contributed by atoms with Gasteiger partial charge in [-0.05, 0) is 50.1 Å². The Morgan fingerprint density at radius 3 is 2.70 bits per heavy atom. The van der Waals surface area contributed by atoms with Crippen LogP contribution in [0.2, 0.25) is 0 Å². The van der Waals surface area contributed by atoms with Crippen molar-refractivity contribution in [1.82, 2.24) is 0 Å². The molecule has 0 aromatic heterocycles. The molecular formula is C19H19N. The van der Waals surface area contributed by atoms with Crippen molar-refractivity contribution < 1.29 is 0 Å². The van der Waals surface area contributed by atoms with Gasteiger partial charge in [0.05, 0.1) is 0 Å². The van der Waals surface area contributed by atoms with Crippen LogP contribution in [0.15, 0.2) is 78.2 Å². The Morgan fingerprint density at radius 2 is 2.05 bits per heavy atom. The second-order valence-electron chi connectivity index (χ2n) is 4.61. The van der Waals surface area contributed by atoms with Crippen molar-refractivity contribution in [2.75, 3.05) is 4.90 Å². The predicted octanol–water partition coefficient (Wildman–Crippen LogP) is 4.82. The number of benzene rings is 1. The van der Waals surface area contributed by atoms with Crippen molar-refractivity contribution in [1.29, 1.82) is 0 Å². The number of terminal acetylenes is 1. The molecule has 1 aromatic rings. The topological polar surface area (TPSA) is 3.24 Å². The zero-order valence-corrected chi connectivity index (χ0v) is 11.8. The molecule has 1 aromatic carbocycles. The molecule has 0 heterocycles. The van der Waals surface area contributed by atoms with Crippen LogP contribution in [0.4, 0.5) is 5.69 Å². The molecule has 0 saturated heterocycles. The van der Waals surface area contributed by atoms with E-state index in [0.717, 1.165) is 24.2 Å². The highest BCUT2D eigenvalue weighted by Gasteiger charge is 2.12. The van der Waals surface area contributed by atoms with E-state index in [9.17, 15) is 0 Å². The first-order chi connectivity index (χ1) is 9.83. The van der Waals surface area contributed by atoms with Gasteiger partial charge in [0.2, 0.25) is 0 Å². The summed E-state index contributed by atoms with van der Waals surface area (Å²) < 4.78 is 0. The third-order valence-corrected chi connectivity index (χ3v) is 3.13. The smallest absolute Gasteiger partial charge is 0.0458 e. The summed E-state index contributed by atoms with van der Waals surface area (Å²) in [5.74, 6) is 2.51. The highest BCUT2D eigenvalue weighted by atomic mass is 15.1. The lowest BCUT2D eigenvalue weighted by atomic mass is 10.1. The average molecular weight is 261 g/mol. The van der Waals surface area contributed by atoms with Crippen LogP contribution in [0.3, 0.4) is 0 Å². The lowest BCUT2D eigenvalue weighted by Crippen LogP contribution is -2.19. The molecule has 0 aliphatic heterocycles. The first-order valence-electron chi connectivity index (χ1n) is 6.84. The van der Waals surface area contributed by atoms with E-state index in [2.05, 4.69) is 60.2 Å². The predicted molar refractivity (Wildman–Crippen MR) is 87.1 cm³/mol. The van der Waals surface area contributed by atoms with Crippen LogP contribution in [0.25, 0.3) is 0 Å². The van der Waals surface area contributed by atoms with Crippen molar-refractivity contribution >= 4 is 5.69 Å². The van der Waals surface area contributed by atoms with Gasteiger partial charge in [-0.1, -0.05) is 42.3 Å². The van der Waals surface area contributed by atoms with E-state index in [1.54, 1.807) is 6.08 Å². The third-order valence-electron chi connectivity index (χ3n) is 3.13. The van der Waals surface area contributed by atoms with Gasteiger partial charge in [-0.25, -0.2) is 0 Å². The normalized spacial score (nSPS) is 15.0. The average Bonchev–Trinajstić information content (AvgIpc) is 2.50. The molecule has 2 rings (SSSR count). The fourth-order valence-electron chi connectivity index (χ4n) is 2.22. The Morgan fingerprint density at radius 1 is 1.25 bits per heavy atom. The summed E-state index contributed by atoms with van der Waals surface area (Å²) in [6, 6.07) is 10.4. The number of hydrogen-bond donors (Lipinski definition) is 0. The summed E-state index contributed by atoms with van der Waals surface area (Å²) in [5, 5.41) is 0. The van der Waals surface area contributed by atoms with E-state index in [4.69, 9.17) is 6.42 Å². The highest BCUT2D eigenvalue weighted by Crippen LogP contribution is 2.27.